The van der Waals surface area contributed by atoms with E-state index < -0.39 is 0 Å². The van der Waals surface area contributed by atoms with Crippen LogP contribution in [0.2, 0.25) is 0 Å². The minimum atomic E-state index is -0.382. The van der Waals surface area contributed by atoms with Gasteiger partial charge in [-0.1, -0.05) is 19.1 Å². The van der Waals surface area contributed by atoms with Gasteiger partial charge in [-0.2, -0.15) is 0 Å². The molecule has 0 saturated heterocycles. The maximum absolute atomic E-state index is 13.7. The number of ether oxygens (including phenoxy) is 1. The number of carbonyl (C=O) groups excluding carboxylic acids is 1. The number of fused-ring (bicyclic) bond motifs is 2. The highest BCUT2D eigenvalue weighted by Gasteiger charge is 2.49. The number of nitrogens with two attached hydrogens (primary N) is 1. The van der Waals surface area contributed by atoms with Crippen LogP contribution in [0.3, 0.4) is 0 Å². The molecular weight excluding hydrogens is 295 g/mol. The molecule has 0 aromatic heterocycles. The van der Waals surface area contributed by atoms with Crippen molar-refractivity contribution in [3.63, 3.8) is 0 Å². The lowest BCUT2D eigenvalue weighted by Crippen LogP contribution is -2.47. The summed E-state index contributed by atoms with van der Waals surface area (Å²) in [6, 6.07) is 6.32. The fraction of sp³-hybridized carbons (Fsp3) is 0.611. The Balaban J connectivity index is 1.54. The van der Waals surface area contributed by atoms with Gasteiger partial charge in [0.25, 0.3) is 0 Å². The molecule has 5 heteroatoms. The lowest BCUT2D eigenvalue weighted by molar-refractivity contribution is -0.127. The van der Waals surface area contributed by atoms with Crippen molar-refractivity contribution in [2.24, 2.45) is 23.5 Å². The van der Waals surface area contributed by atoms with E-state index in [0.29, 0.717) is 24.8 Å². The largest absolute Gasteiger partial charge is 0.486 e. The Morgan fingerprint density at radius 3 is 2.78 bits per heavy atom. The monoisotopic (exact) mass is 320 g/mol. The van der Waals surface area contributed by atoms with Crippen molar-refractivity contribution in [3.05, 3.63) is 30.1 Å². The minimum Gasteiger partial charge on any atom is -0.486 e. The van der Waals surface area contributed by atoms with E-state index >= 15 is 0 Å². The first-order valence-corrected chi connectivity index (χ1v) is 8.54. The molecule has 23 heavy (non-hydrogen) atoms. The van der Waals surface area contributed by atoms with Gasteiger partial charge in [0, 0.05) is 6.04 Å². The van der Waals surface area contributed by atoms with E-state index in [4.69, 9.17) is 10.5 Å². The summed E-state index contributed by atoms with van der Waals surface area (Å²) >= 11 is 0. The highest BCUT2D eigenvalue weighted by molar-refractivity contribution is 5.80. The predicted octanol–water partition coefficient (Wildman–Crippen LogP) is 2.47. The van der Waals surface area contributed by atoms with Crippen LogP contribution in [0.5, 0.6) is 5.75 Å². The molecule has 1 aromatic rings. The number of para-hydroxylation sites is 1. The highest BCUT2D eigenvalue weighted by Crippen LogP contribution is 2.47. The maximum Gasteiger partial charge on any atom is 0.225 e. The van der Waals surface area contributed by atoms with E-state index in [1.54, 1.807) is 18.2 Å². The summed E-state index contributed by atoms with van der Waals surface area (Å²) in [7, 11) is 0. The number of amides is 1. The van der Waals surface area contributed by atoms with Crippen molar-refractivity contribution in [2.45, 2.75) is 44.8 Å². The van der Waals surface area contributed by atoms with Crippen molar-refractivity contribution in [3.8, 4) is 5.75 Å². The summed E-state index contributed by atoms with van der Waals surface area (Å²) in [6.45, 7) is 2.34. The molecule has 5 unspecified atom stereocenters. The van der Waals surface area contributed by atoms with Crippen LogP contribution in [-0.2, 0) is 4.79 Å². The van der Waals surface area contributed by atoms with Gasteiger partial charge in [0.15, 0.2) is 11.6 Å². The summed E-state index contributed by atoms with van der Waals surface area (Å²) in [4.78, 5) is 12.5. The quantitative estimate of drug-likeness (QED) is 0.846. The molecule has 2 aliphatic rings. The normalized spacial score (nSPS) is 30.2. The Hall–Kier alpha value is -1.62. The van der Waals surface area contributed by atoms with Crippen LogP contribution in [0, 0.1) is 23.6 Å². The summed E-state index contributed by atoms with van der Waals surface area (Å²) in [6.07, 6.45) is 3.80. The maximum atomic E-state index is 13.7. The molecule has 2 fully saturated rings. The zero-order valence-electron chi connectivity index (χ0n) is 13.5. The van der Waals surface area contributed by atoms with Gasteiger partial charge in [-0.15, -0.1) is 0 Å². The number of nitrogens with one attached hydrogen (secondary N) is 1. The standard InChI is InChI=1S/C18H25FN2O2/c1-2-13(23-15-6-4-3-5-14(15)19)10-21-18(22)16-11-7-8-12(9-11)17(16)20/h3-6,11-13,16-17H,2,7-10,20H2,1H3,(H,21,22). The van der Waals surface area contributed by atoms with Gasteiger partial charge < -0.3 is 15.8 Å². The first-order valence-electron chi connectivity index (χ1n) is 8.54. The molecule has 1 amide bonds. The first kappa shape index (κ1) is 16.2. The molecule has 2 aliphatic carbocycles. The van der Waals surface area contributed by atoms with Gasteiger partial charge in [0.1, 0.15) is 6.10 Å². The molecule has 0 radical (unpaired) electrons. The van der Waals surface area contributed by atoms with E-state index in [-0.39, 0.29) is 35.5 Å². The van der Waals surface area contributed by atoms with E-state index in [9.17, 15) is 9.18 Å². The Kier molecular flexibility index (Phi) is 4.85. The third kappa shape index (κ3) is 3.34. The van der Waals surface area contributed by atoms with E-state index in [1.807, 2.05) is 6.92 Å². The summed E-state index contributed by atoms with van der Waals surface area (Å²) in [5.74, 6) is 0.743. The number of carbonyl (C=O) groups is 1. The molecular formula is C18H25FN2O2. The van der Waals surface area contributed by atoms with Crippen LogP contribution in [0.4, 0.5) is 4.39 Å². The Morgan fingerprint density at radius 2 is 2.13 bits per heavy atom. The zero-order valence-corrected chi connectivity index (χ0v) is 13.5. The second-order valence-corrected chi connectivity index (χ2v) is 6.76. The highest BCUT2D eigenvalue weighted by atomic mass is 19.1. The number of benzene rings is 1. The van der Waals surface area contributed by atoms with Gasteiger partial charge in [-0.05, 0) is 49.7 Å². The minimum absolute atomic E-state index is 0.0127. The Morgan fingerprint density at radius 1 is 1.39 bits per heavy atom. The fourth-order valence-corrected chi connectivity index (χ4v) is 4.05. The van der Waals surface area contributed by atoms with Crippen molar-refractivity contribution < 1.29 is 13.9 Å². The van der Waals surface area contributed by atoms with Gasteiger partial charge in [-0.3, -0.25) is 4.79 Å². The zero-order chi connectivity index (χ0) is 16.4. The molecule has 0 spiro atoms. The third-order valence-electron chi connectivity index (χ3n) is 5.37. The molecule has 126 valence electrons. The second kappa shape index (κ2) is 6.87. The van der Waals surface area contributed by atoms with Crippen LogP contribution >= 0.6 is 0 Å². The van der Waals surface area contributed by atoms with Crippen LogP contribution in [0.15, 0.2) is 24.3 Å². The SMILES string of the molecule is CCC(CNC(=O)C1C2CCC(C2)C1N)Oc1ccccc1F. The molecule has 2 bridgehead atoms. The Labute approximate surface area is 136 Å². The predicted molar refractivity (Wildman–Crippen MR) is 86.4 cm³/mol. The van der Waals surface area contributed by atoms with Crippen molar-refractivity contribution >= 4 is 5.91 Å². The second-order valence-electron chi connectivity index (χ2n) is 6.76. The molecule has 4 nitrogen and oxygen atoms in total. The average molecular weight is 320 g/mol. The van der Waals surface area contributed by atoms with Crippen molar-refractivity contribution in [2.75, 3.05) is 6.54 Å². The smallest absolute Gasteiger partial charge is 0.225 e. The van der Waals surface area contributed by atoms with E-state index in [2.05, 4.69) is 5.32 Å². The first-order chi connectivity index (χ1) is 11.1. The van der Waals surface area contributed by atoms with Gasteiger partial charge in [0.05, 0.1) is 12.5 Å². The molecule has 3 rings (SSSR count). The molecule has 0 aliphatic heterocycles. The molecule has 5 atom stereocenters. The van der Waals surface area contributed by atoms with Crippen molar-refractivity contribution in [1.82, 2.24) is 5.32 Å². The summed E-state index contributed by atoms with van der Waals surface area (Å²) in [5.41, 5.74) is 6.21. The third-order valence-corrected chi connectivity index (χ3v) is 5.37. The number of hydrogen-bond donors (Lipinski definition) is 2. The van der Waals surface area contributed by atoms with Crippen LogP contribution in [-0.4, -0.2) is 24.6 Å². The van der Waals surface area contributed by atoms with E-state index in [0.717, 1.165) is 19.3 Å². The van der Waals surface area contributed by atoms with Gasteiger partial charge in [0.2, 0.25) is 5.91 Å². The molecule has 1 aromatic carbocycles. The number of hydrogen-bond acceptors (Lipinski definition) is 3. The number of halogens is 1. The van der Waals surface area contributed by atoms with Crippen LogP contribution in [0.1, 0.15) is 32.6 Å². The molecule has 2 saturated carbocycles. The lowest BCUT2D eigenvalue weighted by Gasteiger charge is -2.28. The molecule has 3 N–H and O–H groups in total. The number of rotatable bonds is 6. The molecule has 0 heterocycles. The summed E-state index contributed by atoms with van der Waals surface area (Å²) in [5, 5.41) is 2.96. The van der Waals surface area contributed by atoms with Crippen LogP contribution in [0.25, 0.3) is 0 Å². The van der Waals surface area contributed by atoms with Gasteiger partial charge >= 0.3 is 0 Å². The van der Waals surface area contributed by atoms with Crippen LogP contribution < -0.4 is 15.8 Å². The van der Waals surface area contributed by atoms with Gasteiger partial charge in [-0.25, -0.2) is 4.39 Å². The lowest BCUT2D eigenvalue weighted by atomic mass is 9.84. The summed E-state index contributed by atoms with van der Waals surface area (Å²) < 4.78 is 19.3. The Bertz CT molecular complexity index is 564. The van der Waals surface area contributed by atoms with E-state index in [1.165, 1.54) is 6.07 Å². The average Bonchev–Trinajstić information content (AvgIpc) is 3.14. The van der Waals surface area contributed by atoms with Crippen molar-refractivity contribution in [1.29, 1.82) is 0 Å². The topological polar surface area (TPSA) is 64.4 Å². The fourth-order valence-electron chi connectivity index (χ4n) is 4.05.